The molecule has 0 fully saturated rings. The zero-order valence-electron chi connectivity index (χ0n) is 15.4. The van der Waals surface area contributed by atoms with E-state index in [0.717, 1.165) is 11.1 Å². The second-order valence-electron chi connectivity index (χ2n) is 7.20. The monoisotopic (exact) mass is 370 g/mol. The number of amides is 3. The van der Waals surface area contributed by atoms with Crippen LogP contribution in [0.4, 0.5) is 20.6 Å². The lowest BCUT2D eigenvalue weighted by Crippen LogP contribution is -2.52. The molecule has 6 nitrogen and oxygen atoms in total. The minimum atomic E-state index is -0.924. The zero-order valence-corrected chi connectivity index (χ0v) is 15.4. The third-order valence-corrected chi connectivity index (χ3v) is 4.47. The van der Waals surface area contributed by atoms with Crippen LogP contribution in [0.2, 0.25) is 0 Å². The van der Waals surface area contributed by atoms with Crippen LogP contribution in [-0.2, 0) is 17.8 Å². The van der Waals surface area contributed by atoms with E-state index in [0.29, 0.717) is 25.2 Å². The first kappa shape index (κ1) is 18.8. The van der Waals surface area contributed by atoms with E-state index < -0.39 is 17.4 Å². The molecular weight excluding hydrogens is 347 g/mol. The molecule has 1 heterocycles. The highest BCUT2D eigenvalue weighted by Gasteiger charge is 2.30. The fraction of sp³-hybridized carbons (Fsp3) is 0.300. The number of carbonyl (C=O) groups is 2. The van der Waals surface area contributed by atoms with Gasteiger partial charge in [0.15, 0.2) is 0 Å². The number of urea groups is 1. The molecule has 3 amide bonds. The summed E-state index contributed by atoms with van der Waals surface area (Å²) in [5, 5.41) is 5.28. The predicted octanol–water partition coefficient (Wildman–Crippen LogP) is 3.09. The second kappa shape index (κ2) is 7.36. The first-order chi connectivity index (χ1) is 12.8. The van der Waals surface area contributed by atoms with Gasteiger partial charge in [-0.05, 0) is 49.6 Å². The van der Waals surface area contributed by atoms with E-state index in [2.05, 4.69) is 10.6 Å². The van der Waals surface area contributed by atoms with Gasteiger partial charge in [0.2, 0.25) is 5.91 Å². The van der Waals surface area contributed by atoms with Crippen LogP contribution < -0.4 is 16.4 Å². The predicted molar refractivity (Wildman–Crippen MR) is 103 cm³/mol. The smallest absolute Gasteiger partial charge is 0.323 e. The van der Waals surface area contributed by atoms with E-state index >= 15 is 0 Å². The lowest BCUT2D eigenvalue weighted by Gasteiger charge is -2.34. The number of hydrogen-bond acceptors (Lipinski definition) is 3. The summed E-state index contributed by atoms with van der Waals surface area (Å²) in [7, 11) is 0. The SMILES string of the molecule is CC(C)(N)C(=O)N1CCc2c(cccc2NC(=O)Nc2ccccc2F)C1. The quantitative estimate of drug-likeness (QED) is 0.776. The van der Waals surface area contributed by atoms with E-state index in [1.165, 1.54) is 12.1 Å². The lowest BCUT2D eigenvalue weighted by molar-refractivity contribution is -0.136. The van der Waals surface area contributed by atoms with Crippen molar-refractivity contribution in [1.29, 1.82) is 0 Å². The number of halogens is 1. The molecule has 2 aromatic rings. The summed E-state index contributed by atoms with van der Waals surface area (Å²) in [5.41, 5.74) is 7.70. The van der Waals surface area contributed by atoms with Crippen molar-refractivity contribution in [3.63, 3.8) is 0 Å². The maximum atomic E-state index is 13.7. The van der Waals surface area contributed by atoms with Crippen molar-refractivity contribution in [2.75, 3.05) is 17.2 Å². The number of hydrogen-bond donors (Lipinski definition) is 3. The number of benzene rings is 2. The molecule has 0 unspecified atom stereocenters. The van der Waals surface area contributed by atoms with Crippen LogP contribution in [0.15, 0.2) is 42.5 Å². The Balaban J connectivity index is 1.73. The Morgan fingerprint density at radius 2 is 1.74 bits per heavy atom. The number of carbonyl (C=O) groups excluding carboxylic acids is 2. The minimum Gasteiger partial charge on any atom is -0.336 e. The fourth-order valence-electron chi connectivity index (χ4n) is 3.15. The zero-order chi connectivity index (χ0) is 19.6. The summed E-state index contributed by atoms with van der Waals surface area (Å²) in [5.74, 6) is -0.606. The van der Waals surface area contributed by atoms with E-state index in [1.807, 2.05) is 12.1 Å². The van der Waals surface area contributed by atoms with Crippen LogP contribution in [0.25, 0.3) is 0 Å². The van der Waals surface area contributed by atoms with Crippen molar-refractivity contribution in [3.05, 3.63) is 59.4 Å². The van der Waals surface area contributed by atoms with Crippen molar-refractivity contribution >= 4 is 23.3 Å². The van der Waals surface area contributed by atoms with E-state index in [-0.39, 0.29) is 11.6 Å². The number of nitrogens with two attached hydrogens (primary N) is 1. The summed E-state index contributed by atoms with van der Waals surface area (Å²) in [6, 6.07) is 11.0. The lowest BCUT2D eigenvalue weighted by atomic mass is 9.95. The van der Waals surface area contributed by atoms with Gasteiger partial charge in [-0.2, -0.15) is 0 Å². The van der Waals surface area contributed by atoms with Gasteiger partial charge in [-0.25, -0.2) is 9.18 Å². The molecule has 4 N–H and O–H groups in total. The average molecular weight is 370 g/mol. The van der Waals surface area contributed by atoms with Gasteiger partial charge in [0.25, 0.3) is 0 Å². The van der Waals surface area contributed by atoms with Gasteiger partial charge in [0.05, 0.1) is 11.2 Å². The summed E-state index contributed by atoms with van der Waals surface area (Å²) in [6.07, 6.45) is 0.604. The molecule has 1 aliphatic rings. The summed E-state index contributed by atoms with van der Waals surface area (Å²) < 4.78 is 13.7. The Hall–Kier alpha value is -2.93. The van der Waals surface area contributed by atoms with Crippen LogP contribution in [0.1, 0.15) is 25.0 Å². The molecule has 0 aromatic heterocycles. The van der Waals surface area contributed by atoms with Crippen molar-refractivity contribution < 1.29 is 14.0 Å². The molecule has 7 heteroatoms. The molecule has 0 atom stereocenters. The van der Waals surface area contributed by atoms with Gasteiger partial charge < -0.3 is 21.3 Å². The Labute approximate surface area is 157 Å². The van der Waals surface area contributed by atoms with Crippen LogP contribution in [0, 0.1) is 5.82 Å². The second-order valence-corrected chi connectivity index (χ2v) is 7.20. The number of para-hydroxylation sites is 1. The van der Waals surface area contributed by atoms with Crippen LogP contribution >= 0.6 is 0 Å². The van der Waals surface area contributed by atoms with Crippen LogP contribution in [0.5, 0.6) is 0 Å². The molecule has 0 aliphatic carbocycles. The average Bonchev–Trinajstić information content (AvgIpc) is 2.62. The Morgan fingerprint density at radius 3 is 2.44 bits per heavy atom. The van der Waals surface area contributed by atoms with Gasteiger partial charge in [-0.3, -0.25) is 4.79 Å². The molecule has 3 rings (SSSR count). The van der Waals surface area contributed by atoms with Gasteiger partial charge in [-0.1, -0.05) is 24.3 Å². The van der Waals surface area contributed by atoms with Crippen molar-refractivity contribution in [2.24, 2.45) is 5.73 Å². The highest BCUT2D eigenvalue weighted by Crippen LogP contribution is 2.27. The Kier molecular flexibility index (Phi) is 5.14. The molecule has 0 saturated heterocycles. The molecule has 0 bridgehead atoms. The number of nitrogens with one attached hydrogen (secondary N) is 2. The Bertz CT molecular complexity index is 877. The standard InChI is InChI=1S/C20H23FN4O2/c1-20(2,22)18(26)25-11-10-14-13(12-25)6-5-9-16(14)23-19(27)24-17-8-4-3-7-15(17)21/h3-9H,10-12,22H2,1-2H3,(H2,23,24,27). The van der Waals surface area contributed by atoms with Crippen molar-refractivity contribution in [1.82, 2.24) is 4.90 Å². The van der Waals surface area contributed by atoms with E-state index in [4.69, 9.17) is 5.73 Å². The molecular formula is C20H23FN4O2. The third kappa shape index (κ3) is 4.25. The van der Waals surface area contributed by atoms with Gasteiger partial charge >= 0.3 is 6.03 Å². The first-order valence-corrected chi connectivity index (χ1v) is 8.77. The number of rotatable bonds is 3. The maximum absolute atomic E-state index is 13.7. The van der Waals surface area contributed by atoms with Gasteiger partial charge in [-0.15, -0.1) is 0 Å². The van der Waals surface area contributed by atoms with Gasteiger partial charge in [0, 0.05) is 18.8 Å². The fourth-order valence-corrected chi connectivity index (χ4v) is 3.15. The molecule has 2 aromatic carbocycles. The summed E-state index contributed by atoms with van der Waals surface area (Å²) >= 11 is 0. The number of anilines is 2. The maximum Gasteiger partial charge on any atom is 0.323 e. The molecule has 142 valence electrons. The number of fused-ring (bicyclic) bond motifs is 1. The molecule has 0 spiro atoms. The number of nitrogens with zero attached hydrogens (tertiary/aromatic N) is 1. The van der Waals surface area contributed by atoms with Crippen LogP contribution in [-0.4, -0.2) is 28.9 Å². The molecule has 0 saturated carbocycles. The van der Waals surface area contributed by atoms with Crippen LogP contribution in [0.3, 0.4) is 0 Å². The topological polar surface area (TPSA) is 87.5 Å². The van der Waals surface area contributed by atoms with E-state index in [1.54, 1.807) is 36.9 Å². The van der Waals surface area contributed by atoms with Crippen molar-refractivity contribution in [3.8, 4) is 0 Å². The van der Waals surface area contributed by atoms with E-state index in [9.17, 15) is 14.0 Å². The highest BCUT2D eigenvalue weighted by atomic mass is 19.1. The highest BCUT2D eigenvalue weighted by molar-refractivity contribution is 6.00. The summed E-state index contributed by atoms with van der Waals surface area (Å²) in [6.45, 7) is 4.35. The minimum absolute atomic E-state index is 0.108. The normalized spacial score (nSPS) is 13.7. The van der Waals surface area contributed by atoms with Crippen molar-refractivity contribution in [2.45, 2.75) is 32.4 Å². The molecule has 1 aliphatic heterocycles. The Morgan fingerprint density at radius 1 is 1.07 bits per heavy atom. The first-order valence-electron chi connectivity index (χ1n) is 8.77. The molecule has 27 heavy (non-hydrogen) atoms. The van der Waals surface area contributed by atoms with Gasteiger partial charge in [0.1, 0.15) is 5.82 Å². The summed E-state index contributed by atoms with van der Waals surface area (Å²) in [4.78, 5) is 26.4. The molecule has 0 radical (unpaired) electrons. The third-order valence-electron chi connectivity index (χ3n) is 4.47. The largest absolute Gasteiger partial charge is 0.336 e.